The monoisotopic (exact) mass is 261 g/mol. The number of anilines is 2. The van der Waals surface area contributed by atoms with E-state index in [-0.39, 0.29) is 5.91 Å². The van der Waals surface area contributed by atoms with Gasteiger partial charge in [-0.05, 0) is 25.0 Å². The molecular weight excluding hydrogens is 246 g/mol. The number of nitrogens with zero attached hydrogens (tertiary/aromatic N) is 1. The van der Waals surface area contributed by atoms with Crippen molar-refractivity contribution in [3.05, 3.63) is 40.9 Å². The number of aryl methyl sites for hydroxylation is 2. The van der Waals surface area contributed by atoms with E-state index >= 15 is 0 Å². The lowest BCUT2D eigenvalue weighted by molar-refractivity contribution is -0.116. The number of amides is 1. The predicted molar refractivity (Wildman–Crippen MR) is 74.7 cm³/mol. The first-order valence-electron chi connectivity index (χ1n) is 5.71. The van der Waals surface area contributed by atoms with Crippen molar-refractivity contribution >= 4 is 28.1 Å². The van der Waals surface area contributed by atoms with Crippen LogP contribution in [0.1, 0.15) is 16.9 Å². The fourth-order valence-electron chi connectivity index (χ4n) is 1.60. The van der Waals surface area contributed by atoms with Crippen molar-refractivity contribution in [2.24, 2.45) is 0 Å². The van der Waals surface area contributed by atoms with E-state index < -0.39 is 0 Å². The number of carbonyl (C=O) groups excluding carboxylic acids is 1. The number of nitrogens with two attached hydrogens (primary N) is 1. The summed E-state index contributed by atoms with van der Waals surface area (Å²) in [4.78, 5) is 16.9. The third-order valence-electron chi connectivity index (χ3n) is 2.54. The van der Waals surface area contributed by atoms with Crippen LogP contribution in [0.4, 0.5) is 10.8 Å². The van der Waals surface area contributed by atoms with E-state index in [4.69, 9.17) is 5.73 Å². The summed E-state index contributed by atoms with van der Waals surface area (Å²) in [6, 6.07) is 7.60. The fourth-order valence-corrected chi connectivity index (χ4v) is 2.29. The maximum atomic E-state index is 11.7. The molecule has 0 aliphatic heterocycles. The number of nitrogens with one attached hydrogen (secondary N) is 1. The molecule has 2 rings (SSSR count). The van der Waals surface area contributed by atoms with Gasteiger partial charge in [-0.3, -0.25) is 4.79 Å². The molecule has 0 aliphatic rings. The Kier molecular flexibility index (Phi) is 3.94. The summed E-state index contributed by atoms with van der Waals surface area (Å²) in [5.74, 6) is -0.0346. The molecule has 1 amide bonds. The second kappa shape index (κ2) is 5.64. The van der Waals surface area contributed by atoms with E-state index in [0.29, 0.717) is 18.0 Å². The van der Waals surface area contributed by atoms with Gasteiger partial charge >= 0.3 is 0 Å². The van der Waals surface area contributed by atoms with Gasteiger partial charge in [-0.1, -0.05) is 18.2 Å². The van der Waals surface area contributed by atoms with E-state index in [9.17, 15) is 4.79 Å². The van der Waals surface area contributed by atoms with Gasteiger partial charge in [0.15, 0.2) is 5.13 Å². The molecule has 1 heterocycles. The van der Waals surface area contributed by atoms with Gasteiger partial charge in [-0.2, -0.15) is 0 Å². The highest BCUT2D eigenvalue weighted by molar-refractivity contribution is 7.15. The number of aromatic nitrogens is 1. The maximum Gasteiger partial charge on any atom is 0.226 e. The van der Waals surface area contributed by atoms with Gasteiger partial charge in [0, 0.05) is 23.2 Å². The lowest BCUT2D eigenvalue weighted by atomic mass is 10.1. The lowest BCUT2D eigenvalue weighted by Crippen LogP contribution is -2.12. The van der Waals surface area contributed by atoms with Crippen LogP contribution in [0.25, 0.3) is 0 Å². The van der Waals surface area contributed by atoms with Crippen LogP contribution in [-0.2, 0) is 11.2 Å². The summed E-state index contributed by atoms with van der Waals surface area (Å²) < 4.78 is 0. The molecule has 0 fully saturated rings. The van der Waals surface area contributed by atoms with Crippen LogP contribution < -0.4 is 11.1 Å². The summed E-state index contributed by atoms with van der Waals surface area (Å²) >= 11 is 1.47. The Balaban J connectivity index is 1.87. The van der Waals surface area contributed by atoms with E-state index in [0.717, 1.165) is 16.1 Å². The third-order valence-corrected chi connectivity index (χ3v) is 3.37. The fraction of sp³-hybridized carbons (Fsp3) is 0.231. The van der Waals surface area contributed by atoms with Crippen LogP contribution in [0.5, 0.6) is 0 Å². The summed E-state index contributed by atoms with van der Waals surface area (Å²) in [6.45, 7) is 1.96. The predicted octanol–water partition coefficient (Wildman–Crippen LogP) is 2.61. The van der Waals surface area contributed by atoms with Crippen LogP contribution in [0.3, 0.4) is 0 Å². The average molecular weight is 261 g/mol. The minimum absolute atomic E-state index is 0.0346. The van der Waals surface area contributed by atoms with Gasteiger partial charge in [0.1, 0.15) is 0 Å². The van der Waals surface area contributed by atoms with Crippen LogP contribution >= 0.6 is 11.3 Å². The van der Waals surface area contributed by atoms with E-state index in [1.54, 1.807) is 6.20 Å². The summed E-state index contributed by atoms with van der Waals surface area (Å²) in [5, 5.41) is 3.43. The minimum atomic E-state index is -0.0346. The molecule has 2 aromatic rings. The highest BCUT2D eigenvalue weighted by atomic mass is 32.1. The van der Waals surface area contributed by atoms with Gasteiger partial charge in [-0.25, -0.2) is 4.98 Å². The van der Waals surface area contributed by atoms with Gasteiger partial charge < -0.3 is 11.1 Å². The molecular formula is C13H15N3OS. The van der Waals surface area contributed by atoms with Crippen molar-refractivity contribution in [3.8, 4) is 0 Å². The summed E-state index contributed by atoms with van der Waals surface area (Å²) in [7, 11) is 0. The van der Waals surface area contributed by atoms with Crippen molar-refractivity contribution < 1.29 is 4.79 Å². The Morgan fingerprint density at radius 3 is 2.89 bits per heavy atom. The number of carbonyl (C=O) groups is 1. The van der Waals surface area contributed by atoms with Gasteiger partial charge in [-0.15, -0.1) is 11.3 Å². The normalized spacial score (nSPS) is 10.3. The Labute approximate surface area is 110 Å². The van der Waals surface area contributed by atoms with Crippen LogP contribution in [0.2, 0.25) is 0 Å². The number of rotatable bonds is 4. The Morgan fingerprint density at radius 2 is 2.22 bits per heavy atom. The number of hydrogen-bond acceptors (Lipinski definition) is 4. The number of benzene rings is 1. The first kappa shape index (κ1) is 12.6. The number of para-hydroxylation sites is 1. The Hall–Kier alpha value is -1.88. The standard InChI is InChI=1S/C13H15N3OS/c1-9-8-15-13(18-9)16-12(17)7-6-10-4-2-3-5-11(10)14/h2-5,8H,6-7,14H2,1H3,(H,15,16,17). The molecule has 0 saturated heterocycles. The quantitative estimate of drug-likeness (QED) is 0.831. The average Bonchev–Trinajstić information content (AvgIpc) is 2.74. The lowest BCUT2D eigenvalue weighted by Gasteiger charge is -2.04. The zero-order chi connectivity index (χ0) is 13.0. The minimum Gasteiger partial charge on any atom is -0.399 e. The molecule has 18 heavy (non-hydrogen) atoms. The van der Waals surface area contributed by atoms with Crippen molar-refractivity contribution in [2.75, 3.05) is 11.1 Å². The van der Waals surface area contributed by atoms with Crippen LogP contribution in [-0.4, -0.2) is 10.9 Å². The highest BCUT2D eigenvalue weighted by Gasteiger charge is 2.06. The van der Waals surface area contributed by atoms with Gasteiger partial charge in [0.05, 0.1) is 0 Å². The summed E-state index contributed by atoms with van der Waals surface area (Å²) in [5.41, 5.74) is 7.56. The molecule has 0 saturated carbocycles. The molecule has 0 aliphatic carbocycles. The van der Waals surface area contributed by atoms with Crippen LogP contribution in [0, 0.1) is 6.92 Å². The highest BCUT2D eigenvalue weighted by Crippen LogP contribution is 2.17. The molecule has 3 N–H and O–H groups in total. The molecule has 1 aromatic heterocycles. The molecule has 94 valence electrons. The first-order chi connectivity index (χ1) is 8.65. The largest absolute Gasteiger partial charge is 0.399 e. The smallest absolute Gasteiger partial charge is 0.226 e. The molecule has 1 aromatic carbocycles. The zero-order valence-electron chi connectivity index (χ0n) is 10.1. The summed E-state index contributed by atoms with van der Waals surface area (Å²) in [6.07, 6.45) is 2.80. The van der Waals surface area contributed by atoms with Crippen molar-refractivity contribution in [2.45, 2.75) is 19.8 Å². The third kappa shape index (κ3) is 3.30. The number of nitrogen functional groups attached to an aromatic ring is 1. The van der Waals surface area contributed by atoms with Crippen molar-refractivity contribution in [1.82, 2.24) is 4.98 Å². The Morgan fingerprint density at radius 1 is 1.44 bits per heavy atom. The topological polar surface area (TPSA) is 68.0 Å². The van der Waals surface area contributed by atoms with E-state index in [1.165, 1.54) is 11.3 Å². The first-order valence-corrected chi connectivity index (χ1v) is 6.52. The molecule has 5 heteroatoms. The molecule has 0 spiro atoms. The SMILES string of the molecule is Cc1cnc(NC(=O)CCc2ccccc2N)s1. The maximum absolute atomic E-state index is 11.7. The zero-order valence-corrected chi connectivity index (χ0v) is 11.0. The van der Waals surface area contributed by atoms with Gasteiger partial charge in [0.25, 0.3) is 0 Å². The second-order valence-electron chi connectivity index (χ2n) is 4.02. The molecule has 0 radical (unpaired) electrons. The van der Waals surface area contributed by atoms with E-state index in [2.05, 4.69) is 10.3 Å². The van der Waals surface area contributed by atoms with E-state index in [1.807, 2.05) is 31.2 Å². The molecule has 4 nitrogen and oxygen atoms in total. The number of thiazole rings is 1. The second-order valence-corrected chi connectivity index (χ2v) is 5.26. The molecule has 0 unspecified atom stereocenters. The van der Waals surface area contributed by atoms with Crippen molar-refractivity contribution in [3.63, 3.8) is 0 Å². The molecule has 0 bridgehead atoms. The Bertz CT molecular complexity index is 551. The van der Waals surface area contributed by atoms with Gasteiger partial charge in [0.2, 0.25) is 5.91 Å². The number of hydrogen-bond donors (Lipinski definition) is 2. The molecule has 0 atom stereocenters. The van der Waals surface area contributed by atoms with Crippen LogP contribution in [0.15, 0.2) is 30.5 Å². The van der Waals surface area contributed by atoms with Crippen molar-refractivity contribution in [1.29, 1.82) is 0 Å².